The van der Waals surface area contributed by atoms with Gasteiger partial charge in [0.25, 0.3) is 5.22 Å². The molecule has 8 heteroatoms. The highest BCUT2D eigenvalue weighted by atomic mass is 32.2. The van der Waals surface area contributed by atoms with Crippen molar-refractivity contribution in [1.29, 1.82) is 0 Å². The van der Waals surface area contributed by atoms with Crippen LogP contribution >= 0.6 is 11.8 Å². The van der Waals surface area contributed by atoms with Crippen LogP contribution in [0, 0.1) is 0 Å². The summed E-state index contributed by atoms with van der Waals surface area (Å²) in [5.41, 5.74) is 7.72. The molecule has 3 rings (SSSR count). The predicted octanol–water partition coefficient (Wildman–Crippen LogP) is 2.14. The third kappa shape index (κ3) is 2.79. The van der Waals surface area contributed by atoms with Gasteiger partial charge in [-0.1, -0.05) is 0 Å². The number of benzene rings is 1. The van der Waals surface area contributed by atoms with Crippen molar-refractivity contribution in [3.63, 3.8) is 0 Å². The molecule has 21 heavy (non-hydrogen) atoms. The van der Waals surface area contributed by atoms with Crippen molar-refractivity contribution in [1.82, 2.24) is 15.0 Å². The summed E-state index contributed by atoms with van der Waals surface area (Å²) in [7, 11) is 1.29. The maximum atomic E-state index is 11.4. The van der Waals surface area contributed by atoms with Crippen molar-refractivity contribution in [2.75, 3.05) is 12.8 Å². The normalized spacial score (nSPS) is 10.7. The lowest BCUT2D eigenvalue weighted by Crippen LogP contribution is -2.05. The summed E-state index contributed by atoms with van der Waals surface area (Å²) in [4.78, 5) is 23.8. The molecule has 0 amide bonds. The molecule has 7 nitrogen and oxygen atoms in total. The smallest absolute Gasteiger partial charge is 0.358 e. The number of fused-ring (bicyclic) bond motifs is 1. The van der Waals surface area contributed by atoms with Gasteiger partial charge in [-0.25, -0.2) is 14.8 Å². The Balaban J connectivity index is 1.89. The van der Waals surface area contributed by atoms with Crippen LogP contribution in [-0.2, 0) is 4.74 Å². The van der Waals surface area contributed by atoms with Crippen LogP contribution in [0.5, 0.6) is 0 Å². The zero-order valence-corrected chi connectivity index (χ0v) is 11.8. The van der Waals surface area contributed by atoms with Gasteiger partial charge in [0.05, 0.1) is 19.5 Å². The van der Waals surface area contributed by atoms with Crippen LogP contribution in [0.1, 0.15) is 10.5 Å². The maximum Gasteiger partial charge on any atom is 0.358 e. The summed E-state index contributed by atoms with van der Waals surface area (Å²) in [6, 6.07) is 5.21. The first-order valence-electron chi connectivity index (χ1n) is 5.90. The van der Waals surface area contributed by atoms with Gasteiger partial charge in [-0.3, -0.25) is 4.98 Å². The Bertz CT molecular complexity index is 818. The molecule has 0 atom stereocenters. The number of oxazole rings is 1. The summed E-state index contributed by atoms with van der Waals surface area (Å²) in [5.74, 6) is -0.546. The molecule has 0 radical (unpaired) electrons. The van der Waals surface area contributed by atoms with Crippen LogP contribution in [0.4, 0.5) is 5.69 Å². The third-order valence-electron chi connectivity index (χ3n) is 2.59. The number of hydrogen-bond donors (Lipinski definition) is 1. The zero-order chi connectivity index (χ0) is 14.8. The van der Waals surface area contributed by atoms with Gasteiger partial charge < -0.3 is 14.9 Å². The molecule has 0 aliphatic rings. The van der Waals surface area contributed by atoms with E-state index in [2.05, 4.69) is 19.7 Å². The second-order valence-corrected chi connectivity index (χ2v) is 5.01. The number of methoxy groups -OCH3 is 1. The highest BCUT2D eigenvalue weighted by Gasteiger charge is 2.12. The molecule has 3 aromatic rings. The van der Waals surface area contributed by atoms with E-state index in [1.807, 2.05) is 0 Å². The van der Waals surface area contributed by atoms with Crippen LogP contribution in [0.25, 0.3) is 11.1 Å². The molecule has 1 aromatic carbocycles. The Kier molecular flexibility index (Phi) is 3.44. The average Bonchev–Trinajstić information content (AvgIpc) is 2.88. The Morgan fingerprint density at radius 2 is 2.19 bits per heavy atom. The lowest BCUT2D eigenvalue weighted by molar-refractivity contribution is 0.0592. The number of nitrogens with zero attached hydrogens (tertiary/aromatic N) is 3. The minimum absolute atomic E-state index is 0.128. The SMILES string of the molecule is COC(=O)c1cncc(Sc2nc3cc(N)ccc3o2)n1. The molecule has 106 valence electrons. The number of hydrogen-bond acceptors (Lipinski definition) is 8. The number of aromatic nitrogens is 3. The molecule has 0 aliphatic carbocycles. The molecule has 0 bridgehead atoms. The molecule has 2 aromatic heterocycles. The van der Waals surface area contributed by atoms with Gasteiger partial charge in [0, 0.05) is 5.69 Å². The monoisotopic (exact) mass is 302 g/mol. The highest BCUT2D eigenvalue weighted by Crippen LogP contribution is 2.29. The first-order valence-corrected chi connectivity index (χ1v) is 6.71. The number of nitrogen functional groups attached to an aromatic ring is 1. The van der Waals surface area contributed by atoms with Gasteiger partial charge in [0.2, 0.25) is 0 Å². The highest BCUT2D eigenvalue weighted by molar-refractivity contribution is 7.99. The van der Waals surface area contributed by atoms with Crippen molar-refractivity contribution in [3.8, 4) is 0 Å². The Labute approximate surface area is 123 Å². The number of ether oxygens (including phenoxy) is 1. The third-order valence-corrected chi connectivity index (χ3v) is 3.35. The van der Waals surface area contributed by atoms with E-state index in [0.717, 1.165) is 11.8 Å². The molecule has 0 fully saturated rings. The van der Waals surface area contributed by atoms with E-state index in [1.165, 1.54) is 19.5 Å². The Morgan fingerprint density at radius 1 is 1.33 bits per heavy atom. The quantitative estimate of drug-likeness (QED) is 0.579. The fourth-order valence-corrected chi connectivity index (χ4v) is 2.37. The predicted molar refractivity (Wildman–Crippen MR) is 75.9 cm³/mol. The van der Waals surface area contributed by atoms with E-state index < -0.39 is 5.97 Å². The number of anilines is 1. The summed E-state index contributed by atoms with van der Waals surface area (Å²) in [5, 5.41) is 0.879. The first-order chi connectivity index (χ1) is 10.2. The van der Waals surface area contributed by atoms with Crippen LogP contribution in [0.2, 0.25) is 0 Å². The summed E-state index contributed by atoms with van der Waals surface area (Å²) in [6.07, 6.45) is 2.85. The average molecular weight is 302 g/mol. The number of nitrogens with two attached hydrogens (primary N) is 1. The van der Waals surface area contributed by atoms with E-state index in [-0.39, 0.29) is 5.69 Å². The van der Waals surface area contributed by atoms with E-state index in [1.54, 1.807) is 18.2 Å². The van der Waals surface area contributed by atoms with Gasteiger partial charge in [-0.2, -0.15) is 0 Å². The molecule has 0 unspecified atom stereocenters. The van der Waals surface area contributed by atoms with Crippen molar-refractivity contribution in [3.05, 3.63) is 36.3 Å². The first kappa shape index (κ1) is 13.4. The topological polar surface area (TPSA) is 104 Å². The fourth-order valence-electron chi connectivity index (χ4n) is 1.66. The van der Waals surface area contributed by atoms with Gasteiger partial charge in [0.1, 0.15) is 10.5 Å². The number of esters is 1. The minimum atomic E-state index is -0.546. The van der Waals surface area contributed by atoms with Crippen LogP contribution in [-0.4, -0.2) is 28.0 Å². The van der Waals surface area contributed by atoms with E-state index in [4.69, 9.17) is 10.2 Å². The van der Waals surface area contributed by atoms with Crippen molar-refractivity contribution < 1.29 is 13.9 Å². The lowest BCUT2D eigenvalue weighted by Gasteiger charge is -1.99. The van der Waals surface area contributed by atoms with E-state index >= 15 is 0 Å². The van der Waals surface area contributed by atoms with Crippen molar-refractivity contribution in [2.45, 2.75) is 10.2 Å². The number of rotatable bonds is 3. The molecule has 2 heterocycles. The van der Waals surface area contributed by atoms with Crippen LogP contribution in [0.3, 0.4) is 0 Å². The fraction of sp³-hybridized carbons (Fsp3) is 0.0769. The van der Waals surface area contributed by atoms with Gasteiger partial charge >= 0.3 is 5.97 Å². The zero-order valence-electron chi connectivity index (χ0n) is 10.9. The lowest BCUT2D eigenvalue weighted by atomic mass is 10.3. The Hall–Kier alpha value is -2.61. The summed E-state index contributed by atoms with van der Waals surface area (Å²) >= 11 is 1.16. The second kappa shape index (κ2) is 5.41. The number of carbonyl (C=O) groups is 1. The van der Waals surface area contributed by atoms with E-state index in [0.29, 0.717) is 27.0 Å². The van der Waals surface area contributed by atoms with Crippen molar-refractivity contribution in [2.24, 2.45) is 0 Å². The van der Waals surface area contributed by atoms with Crippen molar-refractivity contribution >= 4 is 34.5 Å². The number of carbonyl (C=O) groups excluding carboxylic acids is 1. The molecule has 2 N–H and O–H groups in total. The van der Waals surface area contributed by atoms with Gasteiger partial charge in [-0.05, 0) is 30.0 Å². The largest absolute Gasteiger partial charge is 0.464 e. The minimum Gasteiger partial charge on any atom is -0.464 e. The van der Waals surface area contributed by atoms with Gasteiger partial charge in [0.15, 0.2) is 11.3 Å². The summed E-state index contributed by atoms with van der Waals surface area (Å²) < 4.78 is 10.2. The molecule has 0 aliphatic heterocycles. The standard InChI is InChI=1S/C13H10N4O3S/c1-19-12(18)9-5-15-6-11(16-9)21-13-17-8-4-7(14)2-3-10(8)20-13/h2-6H,14H2,1H3. The summed E-state index contributed by atoms with van der Waals surface area (Å²) in [6.45, 7) is 0. The maximum absolute atomic E-state index is 11.4. The van der Waals surface area contributed by atoms with Crippen LogP contribution < -0.4 is 5.73 Å². The molecular formula is C13H10N4O3S. The molecular weight excluding hydrogens is 292 g/mol. The van der Waals surface area contributed by atoms with Crippen LogP contribution in [0.15, 0.2) is 45.3 Å². The Morgan fingerprint density at radius 3 is 3.00 bits per heavy atom. The van der Waals surface area contributed by atoms with E-state index in [9.17, 15) is 4.79 Å². The molecule has 0 saturated heterocycles. The molecule has 0 spiro atoms. The molecule has 0 saturated carbocycles. The van der Waals surface area contributed by atoms with Gasteiger partial charge in [-0.15, -0.1) is 0 Å². The second-order valence-electron chi connectivity index (χ2n) is 4.04.